The van der Waals surface area contributed by atoms with Crippen LogP contribution in [0.2, 0.25) is 0 Å². The van der Waals surface area contributed by atoms with Crippen LogP contribution in [-0.4, -0.2) is 9.91 Å². The Kier molecular flexibility index (Phi) is 2.64. The summed E-state index contributed by atoms with van der Waals surface area (Å²) >= 11 is 0. The third kappa shape index (κ3) is 2.06. The Balaban J connectivity index is 2.63. The Morgan fingerprint density at radius 3 is 2.88 bits per heavy atom. The van der Waals surface area contributed by atoms with Crippen molar-refractivity contribution in [2.24, 2.45) is 0 Å². The maximum atomic E-state index is 10.3. The maximum absolute atomic E-state index is 10.3. The van der Waals surface area contributed by atoms with Crippen LogP contribution in [0.3, 0.4) is 0 Å². The van der Waals surface area contributed by atoms with Crippen LogP contribution >= 0.6 is 0 Å². The van der Waals surface area contributed by atoms with E-state index in [9.17, 15) is 10.1 Å². The fourth-order valence-corrected chi connectivity index (χ4v) is 1.62. The number of pyridine rings is 1. The van der Waals surface area contributed by atoms with E-state index in [1.165, 1.54) is 6.08 Å². The van der Waals surface area contributed by atoms with Crippen molar-refractivity contribution in [3.63, 3.8) is 0 Å². The number of hydrogen-bond acceptors (Lipinski definition) is 3. The lowest BCUT2D eigenvalue weighted by molar-refractivity contribution is -0.400. The number of benzene rings is 1. The second-order valence-corrected chi connectivity index (χ2v) is 3.47. The molecule has 0 atom stereocenters. The van der Waals surface area contributed by atoms with Crippen molar-refractivity contribution in [2.45, 2.75) is 6.92 Å². The Morgan fingerprint density at radius 1 is 1.38 bits per heavy atom. The fourth-order valence-electron chi connectivity index (χ4n) is 1.62. The third-order valence-corrected chi connectivity index (χ3v) is 2.25. The van der Waals surface area contributed by atoms with Crippen molar-refractivity contribution in [3.05, 3.63) is 57.9 Å². The van der Waals surface area contributed by atoms with Crippen LogP contribution in [0, 0.1) is 17.0 Å². The van der Waals surface area contributed by atoms with Crippen LogP contribution in [0.5, 0.6) is 0 Å². The number of hydrogen-bond donors (Lipinski definition) is 0. The minimum atomic E-state index is -0.468. The molecule has 0 N–H and O–H groups in total. The molecular weight excluding hydrogens is 204 g/mol. The van der Waals surface area contributed by atoms with Gasteiger partial charge >= 0.3 is 0 Å². The molecule has 1 heterocycles. The zero-order chi connectivity index (χ0) is 11.5. The molecule has 4 nitrogen and oxygen atoms in total. The van der Waals surface area contributed by atoms with Gasteiger partial charge in [-0.15, -0.1) is 0 Å². The molecule has 0 bridgehead atoms. The monoisotopic (exact) mass is 214 g/mol. The first-order valence-corrected chi connectivity index (χ1v) is 4.85. The van der Waals surface area contributed by atoms with E-state index in [0.717, 1.165) is 28.4 Å². The van der Waals surface area contributed by atoms with Gasteiger partial charge in [-0.05, 0) is 24.6 Å². The molecule has 0 spiro atoms. The molecule has 0 unspecified atom stereocenters. The van der Waals surface area contributed by atoms with Crippen molar-refractivity contribution >= 4 is 17.0 Å². The summed E-state index contributed by atoms with van der Waals surface area (Å²) in [6, 6.07) is 9.42. The molecule has 80 valence electrons. The van der Waals surface area contributed by atoms with Gasteiger partial charge < -0.3 is 0 Å². The summed E-state index contributed by atoms with van der Waals surface area (Å²) in [7, 11) is 0. The summed E-state index contributed by atoms with van der Waals surface area (Å²) in [5, 5.41) is 11.2. The average molecular weight is 214 g/mol. The van der Waals surface area contributed by atoms with Gasteiger partial charge in [0.1, 0.15) is 0 Å². The molecule has 4 heteroatoms. The third-order valence-electron chi connectivity index (χ3n) is 2.25. The molecule has 2 aromatic rings. The van der Waals surface area contributed by atoms with E-state index in [-0.39, 0.29) is 0 Å². The molecule has 0 radical (unpaired) electrons. The van der Waals surface area contributed by atoms with E-state index in [4.69, 9.17) is 0 Å². The van der Waals surface area contributed by atoms with Gasteiger partial charge in [-0.1, -0.05) is 18.2 Å². The highest BCUT2D eigenvalue weighted by Gasteiger charge is 2.01. The minimum Gasteiger partial charge on any atom is -0.259 e. The average Bonchev–Trinajstić information content (AvgIpc) is 2.25. The van der Waals surface area contributed by atoms with Gasteiger partial charge in [-0.2, -0.15) is 0 Å². The van der Waals surface area contributed by atoms with Crippen LogP contribution in [0.25, 0.3) is 17.0 Å². The molecular formula is C12H10N2O2. The van der Waals surface area contributed by atoms with E-state index in [0.29, 0.717) is 0 Å². The minimum absolute atomic E-state index is 0.468. The van der Waals surface area contributed by atoms with Gasteiger partial charge in [0.15, 0.2) is 0 Å². The molecule has 0 fully saturated rings. The zero-order valence-electron chi connectivity index (χ0n) is 8.75. The van der Waals surface area contributed by atoms with Gasteiger partial charge in [0.25, 0.3) is 0 Å². The fraction of sp³-hybridized carbons (Fsp3) is 0.0833. The molecule has 0 saturated heterocycles. The van der Waals surface area contributed by atoms with E-state index < -0.39 is 4.92 Å². The van der Waals surface area contributed by atoms with E-state index >= 15 is 0 Å². The molecule has 16 heavy (non-hydrogen) atoms. The molecule has 0 aliphatic carbocycles. The van der Waals surface area contributed by atoms with Gasteiger partial charge in [-0.25, -0.2) is 0 Å². The highest BCUT2D eigenvalue weighted by atomic mass is 16.6. The Labute approximate surface area is 92.4 Å². The first-order chi connectivity index (χ1) is 7.66. The molecule has 0 amide bonds. The van der Waals surface area contributed by atoms with Crippen molar-refractivity contribution in [3.8, 4) is 0 Å². The number of rotatable bonds is 2. The molecule has 0 aliphatic heterocycles. The predicted octanol–water partition coefficient (Wildman–Crippen LogP) is 2.79. The van der Waals surface area contributed by atoms with Gasteiger partial charge in [0.2, 0.25) is 6.20 Å². The van der Waals surface area contributed by atoms with E-state index in [1.54, 1.807) is 0 Å². The lowest BCUT2D eigenvalue weighted by Gasteiger charge is -2.02. The van der Waals surface area contributed by atoms with Crippen LogP contribution < -0.4 is 0 Å². The van der Waals surface area contributed by atoms with Crippen molar-refractivity contribution in [2.75, 3.05) is 0 Å². The predicted molar refractivity (Wildman–Crippen MR) is 62.5 cm³/mol. The first kappa shape index (κ1) is 10.3. The lowest BCUT2D eigenvalue weighted by Crippen LogP contribution is -1.88. The molecule has 2 rings (SSSR count). The number of aryl methyl sites for hydroxylation is 1. The Bertz CT molecular complexity index is 576. The van der Waals surface area contributed by atoms with Gasteiger partial charge in [0.05, 0.1) is 10.4 Å². The van der Waals surface area contributed by atoms with Crippen molar-refractivity contribution in [1.29, 1.82) is 0 Å². The van der Waals surface area contributed by atoms with Crippen molar-refractivity contribution in [1.82, 2.24) is 4.98 Å². The number of aromatic nitrogens is 1. The number of para-hydroxylation sites is 1. The quantitative estimate of drug-likeness (QED) is 0.570. The van der Waals surface area contributed by atoms with Crippen LogP contribution in [0.4, 0.5) is 0 Å². The highest BCUT2D eigenvalue weighted by molar-refractivity contribution is 5.87. The second kappa shape index (κ2) is 4.10. The van der Waals surface area contributed by atoms with Crippen molar-refractivity contribution < 1.29 is 4.92 Å². The molecule has 1 aromatic carbocycles. The summed E-state index contributed by atoms with van der Waals surface area (Å²) in [5.41, 5.74) is 2.52. The van der Waals surface area contributed by atoms with Crippen LogP contribution in [0.15, 0.2) is 36.5 Å². The van der Waals surface area contributed by atoms with Gasteiger partial charge in [-0.3, -0.25) is 15.1 Å². The molecule has 1 aromatic heterocycles. The topological polar surface area (TPSA) is 56.0 Å². The normalized spacial score (nSPS) is 11.1. The maximum Gasteiger partial charge on any atom is 0.235 e. The zero-order valence-corrected chi connectivity index (χ0v) is 8.75. The summed E-state index contributed by atoms with van der Waals surface area (Å²) < 4.78 is 0. The Hall–Kier alpha value is -2.23. The number of fused-ring (bicyclic) bond motifs is 1. The lowest BCUT2D eigenvalue weighted by atomic mass is 10.1. The molecule has 0 saturated carbocycles. The summed E-state index contributed by atoms with van der Waals surface area (Å²) in [6.45, 7) is 1.87. The van der Waals surface area contributed by atoms with Crippen LogP contribution in [-0.2, 0) is 0 Å². The number of nitro groups is 1. The Morgan fingerprint density at radius 2 is 2.12 bits per heavy atom. The highest BCUT2D eigenvalue weighted by Crippen LogP contribution is 2.19. The van der Waals surface area contributed by atoms with E-state index in [1.807, 2.05) is 37.3 Å². The number of nitrogens with zero attached hydrogens (tertiary/aromatic N) is 2. The smallest absolute Gasteiger partial charge is 0.235 e. The summed E-state index contributed by atoms with van der Waals surface area (Å²) in [4.78, 5) is 14.2. The first-order valence-electron chi connectivity index (χ1n) is 4.85. The summed E-state index contributed by atoms with van der Waals surface area (Å²) in [5.74, 6) is 0. The second-order valence-electron chi connectivity index (χ2n) is 3.47. The SMILES string of the molecule is Cc1cc(/C=C/[N+](=O)[O-])c2ccccc2n1. The van der Waals surface area contributed by atoms with Crippen LogP contribution in [0.1, 0.15) is 11.3 Å². The van der Waals surface area contributed by atoms with Gasteiger partial charge in [0, 0.05) is 17.2 Å². The standard InChI is InChI=1S/C12H10N2O2/c1-9-8-10(6-7-14(15)16)11-4-2-3-5-12(11)13-9/h2-8H,1H3/b7-6+. The summed E-state index contributed by atoms with van der Waals surface area (Å²) in [6.07, 6.45) is 2.44. The molecule has 0 aliphatic rings. The van der Waals surface area contributed by atoms with E-state index in [2.05, 4.69) is 4.98 Å². The largest absolute Gasteiger partial charge is 0.259 e.